The Morgan fingerprint density at radius 3 is 2.56 bits per heavy atom. The van der Waals surface area contributed by atoms with Gasteiger partial charge in [0.1, 0.15) is 5.75 Å². The zero-order valence-corrected chi connectivity index (χ0v) is 14.6. The second-order valence-electron chi connectivity index (χ2n) is 5.79. The third kappa shape index (κ3) is 3.21. The molecule has 0 radical (unpaired) electrons. The number of halogens is 1. The molecule has 1 heterocycles. The van der Waals surface area contributed by atoms with E-state index in [1.807, 2.05) is 0 Å². The van der Waals surface area contributed by atoms with Gasteiger partial charge >= 0.3 is 5.97 Å². The Morgan fingerprint density at radius 2 is 1.96 bits per heavy atom. The molecular formula is C19H17ClNO4-. The van der Waals surface area contributed by atoms with E-state index in [1.54, 1.807) is 61.1 Å². The van der Waals surface area contributed by atoms with Crippen LogP contribution < -0.4 is 9.84 Å². The molecular weight excluding hydrogens is 342 g/mol. The van der Waals surface area contributed by atoms with Crippen molar-refractivity contribution in [3.05, 3.63) is 64.3 Å². The maximum Gasteiger partial charge on any atom is 0.307 e. The predicted octanol–water partition coefficient (Wildman–Crippen LogP) is 3.15. The molecule has 5 nitrogen and oxygen atoms in total. The molecule has 2 aromatic carbocycles. The Kier molecular flexibility index (Phi) is 4.70. The van der Waals surface area contributed by atoms with Gasteiger partial charge in [-0.3, -0.25) is 4.79 Å². The van der Waals surface area contributed by atoms with Gasteiger partial charge < -0.3 is 19.5 Å². The molecule has 1 atom stereocenters. The van der Waals surface area contributed by atoms with Crippen LogP contribution in [0.4, 0.5) is 0 Å². The highest BCUT2D eigenvalue weighted by molar-refractivity contribution is 6.30. The normalized spacial score (nSPS) is 12.3. The van der Waals surface area contributed by atoms with E-state index in [2.05, 4.69) is 0 Å². The maximum absolute atomic E-state index is 13.1. The number of carboxylic acids is 1. The zero-order chi connectivity index (χ0) is 18.1. The van der Waals surface area contributed by atoms with Crippen molar-refractivity contribution in [2.45, 2.75) is 19.6 Å². The van der Waals surface area contributed by atoms with Crippen molar-refractivity contribution in [3.63, 3.8) is 0 Å². The van der Waals surface area contributed by atoms with Crippen LogP contribution in [0.2, 0.25) is 5.02 Å². The van der Waals surface area contributed by atoms with E-state index >= 15 is 0 Å². The van der Waals surface area contributed by atoms with E-state index in [9.17, 15) is 15.0 Å². The van der Waals surface area contributed by atoms with Crippen molar-refractivity contribution in [3.8, 4) is 5.75 Å². The Bertz CT molecular complexity index is 931. The number of hydrogen-bond donors (Lipinski definition) is 1. The van der Waals surface area contributed by atoms with Gasteiger partial charge in [0.05, 0.1) is 13.5 Å². The first-order chi connectivity index (χ1) is 11.9. The molecule has 0 bridgehead atoms. The number of rotatable bonds is 5. The lowest BCUT2D eigenvalue weighted by Gasteiger charge is -2.28. The van der Waals surface area contributed by atoms with E-state index in [1.165, 1.54) is 0 Å². The van der Waals surface area contributed by atoms with Gasteiger partial charge in [0.15, 0.2) is 0 Å². The van der Waals surface area contributed by atoms with E-state index in [4.69, 9.17) is 16.3 Å². The number of benzene rings is 2. The SMILES string of the molecule is COc1ccc2c(c1)c(CC(=O)O)c(C)n2C([O-])c1ccc(Cl)cc1. The molecule has 0 saturated heterocycles. The molecule has 130 valence electrons. The summed E-state index contributed by atoms with van der Waals surface area (Å²) in [4.78, 5) is 11.3. The molecule has 6 heteroatoms. The quantitative estimate of drug-likeness (QED) is 0.760. The average molecular weight is 359 g/mol. The van der Waals surface area contributed by atoms with Gasteiger partial charge in [-0.15, -0.1) is 0 Å². The van der Waals surface area contributed by atoms with Crippen molar-refractivity contribution in [2.75, 3.05) is 7.11 Å². The van der Waals surface area contributed by atoms with Gasteiger partial charge in [-0.25, -0.2) is 0 Å². The first-order valence-corrected chi connectivity index (χ1v) is 8.10. The molecule has 0 amide bonds. The number of fused-ring (bicyclic) bond motifs is 1. The molecule has 3 aromatic rings. The fourth-order valence-electron chi connectivity index (χ4n) is 3.07. The van der Waals surface area contributed by atoms with Crippen LogP contribution >= 0.6 is 11.6 Å². The monoisotopic (exact) mass is 358 g/mol. The van der Waals surface area contributed by atoms with Crippen molar-refractivity contribution >= 4 is 28.5 Å². The van der Waals surface area contributed by atoms with Crippen LogP contribution in [0.5, 0.6) is 5.75 Å². The minimum absolute atomic E-state index is 0.157. The van der Waals surface area contributed by atoms with E-state index in [-0.39, 0.29) is 6.42 Å². The van der Waals surface area contributed by atoms with Crippen LogP contribution in [0.1, 0.15) is 23.0 Å². The van der Waals surface area contributed by atoms with Gasteiger partial charge in [0.2, 0.25) is 0 Å². The molecule has 0 fully saturated rings. The smallest absolute Gasteiger partial charge is 0.307 e. The number of aromatic nitrogens is 1. The second-order valence-corrected chi connectivity index (χ2v) is 6.23. The van der Waals surface area contributed by atoms with Crippen LogP contribution in [-0.2, 0) is 11.2 Å². The molecule has 0 aliphatic carbocycles. The lowest BCUT2D eigenvalue weighted by molar-refractivity contribution is -0.434. The lowest BCUT2D eigenvalue weighted by Crippen LogP contribution is -2.25. The van der Waals surface area contributed by atoms with E-state index < -0.39 is 12.2 Å². The fourth-order valence-corrected chi connectivity index (χ4v) is 3.19. The van der Waals surface area contributed by atoms with Crippen LogP contribution in [0.15, 0.2) is 42.5 Å². The average Bonchev–Trinajstić information content (AvgIpc) is 2.86. The molecule has 1 aromatic heterocycles. The van der Waals surface area contributed by atoms with Gasteiger partial charge in [-0.2, -0.15) is 0 Å². The molecule has 1 unspecified atom stereocenters. The lowest BCUT2D eigenvalue weighted by atomic mass is 10.1. The Balaban J connectivity index is 2.21. The number of nitrogens with zero attached hydrogens (tertiary/aromatic N) is 1. The summed E-state index contributed by atoms with van der Waals surface area (Å²) in [6, 6.07) is 12.0. The molecule has 0 spiro atoms. The van der Waals surface area contributed by atoms with Crippen molar-refractivity contribution < 1.29 is 19.7 Å². The summed E-state index contributed by atoms with van der Waals surface area (Å²) in [5, 5.41) is 23.6. The third-order valence-corrected chi connectivity index (χ3v) is 4.56. The Hall–Kier alpha value is -2.50. The van der Waals surface area contributed by atoms with Gasteiger partial charge in [0.25, 0.3) is 0 Å². The van der Waals surface area contributed by atoms with Crippen molar-refractivity contribution in [1.82, 2.24) is 4.57 Å². The summed E-state index contributed by atoms with van der Waals surface area (Å²) in [6.07, 6.45) is -1.36. The van der Waals surface area contributed by atoms with Gasteiger partial charge in [-0.1, -0.05) is 23.7 Å². The highest BCUT2D eigenvalue weighted by atomic mass is 35.5. The number of carbonyl (C=O) groups is 1. The first-order valence-electron chi connectivity index (χ1n) is 7.73. The summed E-state index contributed by atoms with van der Waals surface area (Å²) in [5.74, 6) is -0.329. The number of carboxylic acid groups (broad SMARTS) is 1. The fraction of sp³-hybridized carbons (Fsp3) is 0.211. The van der Waals surface area contributed by atoms with Crippen LogP contribution in [-0.4, -0.2) is 22.8 Å². The third-order valence-electron chi connectivity index (χ3n) is 4.30. The number of aliphatic carboxylic acids is 1. The maximum atomic E-state index is 13.1. The largest absolute Gasteiger partial charge is 0.832 e. The molecule has 25 heavy (non-hydrogen) atoms. The molecule has 1 N–H and O–H groups in total. The highest BCUT2D eigenvalue weighted by Gasteiger charge is 2.18. The molecule has 0 aliphatic heterocycles. The van der Waals surface area contributed by atoms with E-state index in [0.717, 1.165) is 0 Å². The summed E-state index contributed by atoms with van der Waals surface area (Å²) in [7, 11) is 1.55. The van der Waals surface area contributed by atoms with Crippen molar-refractivity contribution in [1.29, 1.82) is 0 Å². The topological polar surface area (TPSA) is 74.5 Å². The van der Waals surface area contributed by atoms with Crippen LogP contribution in [0, 0.1) is 6.92 Å². The molecule has 0 aliphatic rings. The summed E-state index contributed by atoms with van der Waals surface area (Å²) in [6.45, 7) is 1.77. The number of hydrogen-bond acceptors (Lipinski definition) is 3. The molecule has 0 saturated carbocycles. The zero-order valence-electron chi connectivity index (χ0n) is 13.8. The Morgan fingerprint density at radius 1 is 1.28 bits per heavy atom. The minimum Gasteiger partial charge on any atom is -0.832 e. The summed E-state index contributed by atoms with van der Waals surface area (Å²) in [5.41, 5.74) is 2.50. The van der Waals surface area contributed by atoms with Gasteiger partial charge in [0, 0.05) is 21.6 Å². The first kappa shape index (κ1) is 17.3. The predicted molar refractivity (Wildman–Crippen MR) is 94.2 cm³/mol. The number of ether oxygens (including phenoxy) is 1. The summed E-state index contributed by atoms with van der Waals surface area (Å²) < 4.78 is 6.86. The van der Waals surface area contributed by atoms with E-state index in [0.29, 0.717) is 38.5 Å². The van der Waals surface area contributed by atoms with Crippen LogP contribution in [0.3, 0.4) is 0 Å². The minimum atomic E-state index is -1.20. The summed E-state index contributed by atoms with van der Waals surface area (Å²) >= 11 is 5.90. The highest BCUT2D eigenvalue weighted by Crippen LogP contribution is 2.33. The Labute approximate surface area is 150 Å². The van der Waals surface area contributed by atoms with Crippen LogP contribution in [0.25, 0.3) is 10.9 Å². The standard InChI is InChI=1S/C19H17ClNO4/c1-11-15(10-18(22)23)16-9-14(25-2)7-8-17(16)21(11)19(24)12-3-5-13(20)6-4-12/h3-9,19H,10H2,1-2H3,(H,22,23)/q-1. The second kappa shape index (κ2) is 6.78. The van der Waals surface area contributed by atoms with Gasteiger partial charge in [-0.05, 0) is 54.6 Å². The molecule has 3 rings (SSSR count). The van der Waals surface area contributed by atoms with Crippen molar-refractivity contribution in [2.24, 2.45) is 0 Å². The number of methoxy groups -OCH3 is 1.